The fourth-order valence-corrected chi connectivity index (χ4v) is 1.79. The monoisotopic (exact) mass is 234 g/mol. The fourth-order valence-electron chi connectivity index (χ4n) is 1.66. The van der Waals surface area contributed by atoms with Gasteiger partial charge in [-0.1, -0.05) is 6.08 Å². The van der Waals surface area contributed by atoms with Gasteiger partial charge in [0.2, 0.25) is 0 Å². The van der Waals surface area contributed by atoms with Crippen molar-refractivity contribution in [1.82, 2.24) is 15.3 Å². The van der Waals surface area contributed by atoms with E-state index in [2.05, 4.69) is 39.3 Å². The van der Waals surface area contributed by atoms with Gasteiger partial charge in [0.05, 0.1) is 11.4 Å². The number of nitrogens with one attached hydrogen (secondary N) is 2. The Hall–Kier alpha value is -1.62. The van der Waals surface area contributed by atoms with Crippen LogP contribution in [0.2, 0.25) is 0 Å². The lowest BCUT2D eigenvalue weighted by atomic mass is 10.2. The summed E-state index contributed by atoms with van der Waals surface area (Å²) in [5, 5.41) is 7.79. The average molecular weight is 234 g/mol. The van der Waals surface area contributed by atoms with Crippen LogP contribution < -0.4 is 10.7 Å². The number of aromatic nitrogens is 1. The van der Waals surface area contributed by atoms with E-state index in [0.29, 0.717) is 11.7 Å². The van der Waals surface area contributed by atoms with Crippen molar-refractivity contribution in [1.29, 1.82) is 0 Å². The van der Waals surface area contributed by atoms with Gasteiger partial charge in [-0.15, -0.1) is 6.58 Å². The molecule has 0 fully saturated rings. The average Bonchev–Trinajstić information content (AvgIpc) is 2.86. The zero-order valence-electron chi connectivity index (χ0n) is 8.94. The van der Waals surface area contributed by atoms with Gasteiger partial charge in [-0.25, -0.2) is 0 Å². The standard InChI is InChI=1S/C11H14N4S/c1-2-6-12-11(16)14-13-9-5-8-15-7-3-4-10(9)15/h2-4,7H,1,5-6,8H2,(H2,12,14,16)/b13-9-. The third-order valence-electron chi connectivity index (χ3n) is 2.41. The van der Waals surface area contributed by atoms with Crippen LogP contribution in [0, 0.1) is 0 Å². The smallest absolute Gasteiger partial charge is 0.187 e. The predicted octanol–water partition coefficient (Wildman–Crippen LogP) is 1.25. The SMILES string of the molecule is C=CCNC(=S)N/N=C1/CCn2cccc21. The molecule has 2 N–H and O–H groups in total. The number of nitrogens with zero attached hydrogens (tertiary/aromatic N) is 2. The van der Waals surface area contributed by atoms with Crippen molar-refractivity contribution in [2.45, 2.75) is 13.0 Å². The topological polar surface area (TPSA) is 41.4 Å². The van der Waals surface area contributed by atoms with Crippen LogP contribution in [-0.2, 0) is 6.54 Å². The van der Waals surface area contributed by atoms with Crippen LogP contribution in [0.4, 0.5) is 0 Å². The molecule has 0 amide bonds. The van der Waals surface area contributed by atoms with Crippen molar-refractivity contribution in [3.8, 4) is 0 Å². The molecule has 5 heteroatoms. The van der Waals surface area contributed by atoms with Crippen molar-refractivity contribution in [2.24, 2.45) is 5.10 Å². The van der Waals surface area contributed by atoms with Gasteiger partial charge in [0.25, 0.3) is 0 Å². The summed E-state index contributed by atoms with van der Waals surface area (Å²) in [6.45, 7) is 5.25. The Morgan fingerprint density at radius 1 is 1.69 bits per heavy atom. The maximum Gasteiger partial charge on any atom is 0.187 e. The van der Waals surface area contributed by atoms with Crippen molar-refractivity contribution < 1.29 is 0 Å². The van der Waals surface area contributed by atoms with Crippen molar-refractivity contribution in [3.63, 3.8) is 0 Å². The van der Waals surface area contributed by atoms with Gasteiger partial charge in [0.1, 0.15) is 0 Å². The molecule has 1 aliphatic heterocycles. The predicted molar refractivity (Wildman–Crippen MR) is 69.5 cm³/mol. The minimum atomic E-state index is 0.525. The molecule has 0 radical (unpaired) electrons. The lowest BCUT2D eigenvalue weighted by molar-refractivity contribution is 0.770. The van der Waals surface area contributed by atoms with Gasteiger partial charge >= 0.3 is 0 Å². The van der Waals surface area contributed by atoms with Crippen LogP contribution in [0.15, 0.2) is 36.1 Å². The number of thiocarbonyl (C=S) groups is 1. The van der Waals surface area contributed by atoms with E-state index < -0.39 is 0 Å². The fraction of sp³-hybridized carbons (Fsp3) is 0.273. The molecule has 0 saturated carbocycles. The van der Waals surface area contributed by atoms with Gasteiger partial charge in [-0.3, -0.25) is 5.43 Å². The first kappa shape index (κ1) is 10.9. The Bertz CT molecular complexity index is 433. The van der Waals surface area contributed by atoms with Crippen molar-refractivity contribution in [3.05, 3.63) is 36.7 Å². The minimum absolute atomic E-state index is 0.525. The van der Waals surface area contributed by atoms with Crippen molar-refractivity contribution in [2.75, 3.05) is 6.54 Å². The first-order chi connectivity index (χ1) is 7.81. The van der Waals surface area contributed by atoms with Gasteiger partial charge in [0, 0.05) is 25.7 Å². The Morgan fingerprint density at radius 2 is 2.56 bits per heavy atom. The maximum atomic E-state index is 5.05. The highest BCUT2D eigenvalue weighted by molar-refractivity contribution is 7.80. The molecule has 0 atom stereocenters. The number of hydrazone groups is 1. The van der Waals surface area contributed by atoms with E-state index in [9.17, 15) is 0 Å². The zero-order valence-corrected chi connectivity index (χ0v) is 9.76. The van der Waals surface area contributed by atoms with E-state index in [4.69, 9.17) is 12.2 Å². The number of fused-ring (bicyclic) bond motifs is 1. The lowest BCUT2D eigenvalue weighted by Gasteiger charge is -2.04. The Labute approximate surface area is 100 Å². The molecule has 0 unspecified atom stereocenters. The third-order valence-corrected chi connectivity index (χ3v) is 2.65. The van der Waals surface area contributed by atoms with E-state index in [-0.39, 0.29) is 0 Å². The molecule has 4 nitrogen and oxygen atoms in total. The van der Waals surface area contributed by atoms with Crippen LogP contribution in [-0.4, -0.2) is 21.9 Å². The summed E-state index contributed by atoms with van der Waals surface area (Å²) < 4.78 is 2.18. The molecular weight excluding hydrogens is 220 g/mol. The van der Waals surface area contributed by atoms with Gasteiger partial charge in [0.15, 0.2) is 5.11 Å². The van der Waals surface area contributed by atoms with Crippen LogP contribution in [0.25, 0.3) is 0 Å². The third kappa shape index (κ3) is 2.30. The lowest BCUT2D eigenvalue weighted by Crippen LogP contribution is -2.32. The quantitative estimate of drug-likeness (QED) is 0.470. The summed E-state index contributed by atoms with van der Waals surface area (Å²) in [7, 11) is 0. The number of hydrogen-bond donors (Lipinski definition) is 2. The maximum absolute atomic E-state index is 5.05. The Balaban J connectivity index is 1.94. The molecule has 1 aromatic rings. The van der Waals surface area contributed by atoms with Crippen LogP contribution in [0.1, 0.15) is 12.1 Å². The molecule has 2 heterocycles. The molecule has 2 rings (SSSR count). The van der Waals surface area contributed by atoms with Crippen molar-refractivity contribution >= 4 is 23.0 Å². The first-order valence-electron chi connectivity index (χ1n) is 5.18. The minimum Gasteiger partial charge on any atom is -0.358 e. The van der Waals surface area contributed by atoms with Gasteiger partial charge < -0.3 is 9.88 Å². The zero-order chi connectivity index (χ0) is 11.4. The summed E-state index contributed by atoms with van der Waals surface area (Å²) in [5.41, 5.74) is 5.05. The summed E-state index contributed by atoms with van der Waals surface area (Å²) in [5.74, 6) is 0. The molecule has 1 aliphatic rings. The molecule has 1 aromatic heterocycles. The van der Waals surface area contributed by atoms with E-state index >= 15 is 0 Å². The Kier molecular flexibility index (Phi) is 3.36. The van der Waals surface area contributed by atoms with E-state index in [1.807, 2.05) is 6.07 Å². The highest BCUT2D eigenvalue weighted by Gasteiger charge is 2.16. The normalized spacial score (nSPS) is 15.9. The molecule has 0 aliphatic carbocycles. The summed E-state index contributed by atoms with van der Waals surface area (Å²) in [6, 6.07) is 4.09. The van der Waals surface area contributed by atoms with Crippen LogP contribution in [0.3, 0.4) is 0 Å². The van der Waals surface area contributed by atoms with E-state index in [0.717, 1.165) is 18.7 Å². The molecule has 0 saturated heterocycles. The number of hydrogen-bond acceptors (Lipinski definition) is 2. The molecule has 0 bridgehead atoms. The Morgan fingerprint density at radius 3 is 3.38 bits per heavy atom. The summed E-state index contributed by atoms with van der Waals surface area (Å²) >= 11 is 5.05. The van der Waals surface area contributed by atoms with E-state index in [1.165, 1.54) is 5.69 Å². The first-order valence-corrected chi connectivity index (χ1v) is 5.59. The molecule has 0 spiro atoms. The van der Waals surface area contributed by atoms with Gasteiger partial charge in [-0.05, 0) is 24.4 Å². The number of aryl methyl sites for hydroxylation is 1. The second-order valence-corrected chi connectivity index (χ2v) is 3.91. The van der Waals surface area contributed by atoms with Crippen LogP contribution >= 0.6 is 12.2 Å². The molecule has 0 aromatic carbocycles. The largest absolute Gasteiger partial charge is 0.358 e. The van der Waals surface area contributed by atoms with Gasteiger partial charge in [-0.2, -0.15) is 5.10 Å². The summed E-state index contributed by atoms with van der Waals surface area (Å²) in [6.07, 6.45) is 4.77. The molecular formula is C11H14N4S. The number of rotatable bonds is 3. The molecule has 84 valence electrons. The summed E-state index contributed by atoms with van der Waals surface area (Å²) in [4.78, 5) is 0. The molecule has 16 heavy (non-hydrogen) atoms. The second-order valence-electron chi connectivity index (χ2n) is 3.51. The second kappa shape index (κ2) is 4.94. The highest BCUT2D eigenvalue weighted by atomic mass is 32.1. The van der Waals surface area contributed by atoms with Crippen LogP contribution in [0.5, 0.6) is 0 Å². The highest BCUT2D eigenvalue weighted by Crippen LogP contribution is 2.15. The van der Waals surface area contributed by atoms with E-state index in [1.54, 1.807) is 6.08 Å².